The van der Waals surface area contributed by atoms with Crippen LogP contribution in [0.2, 0.25) is 0 Å². The number of carbonyl (C=O) groups excluding carboxylic acids is 1. The Morgan fingerprint density at radius 2 is 1.84 bits per heavy atom. The fraction of sp³-hybridized carbons (Fsp3) is 0.556. The Morgan fingerprint density at radius 1 is 1.20 bits per heavy atom. The number of hydrogen-bond donors (Lipinski definition) is 0. The van der Waals surface area contributed by atoms with Crippen LogP contribution in [-0.2, 0) is 16.1 Å². The maximum absolute atomic E-state index is 12.5. The van der Waals surface area contributed by atoms with Crippen LogP contribution in [0, 0.1) is 0 Å². The molecule has 2 unspecified atom stereocenters. The van der Waals surface area contributed by atoms with Crippen molar-refractivity contribution in [1.29, 1.82) is 0 Å². The number of hydrogen-bond acceptors (Lipinski definition) is 5. The van der Waals surface area contributed by atoms with Crippen LogP contribution in [0.5, 0.6) is 0 Å². The molecule has 0 aliphatic carbocycles. The van der Waals surface area contributed by atoms with E-state index < -0.39 is 0 Å². The maximum atomic E-state index is 12.5. The molecular weight excluding hydrogens is 318 g/mol. The molecule has 7 heteroatoms. The first kappa shape index (κ1) is 17.5. The first-order valence-electron chi connectivity index (χ1n) is 8.73. The van der Waals surface area contributed by atoms with Gasteiger partial charge < -0.3 is 9.64 Å². The highest BCUT2D eigenvalue weighted by Crippen LogP contribution is 2.19. The summed E-state index contributed by atoms with van der Waals surface area (Å²) >= 11 is 0. The molecule has 0 saturated carbocycles. The molecule has 1 amide bonds. The first-order chi connectivity index (χ1) is 11.9. The SMILES string of the molecule is CC1CN(C(=O)Cn2nnc(-c3ccc(C(C)C)cc3)n2)CC(C)O1. The van der Waals surface area contributed by atoms with Crippen molar-refractivity contribution in [3.8, 4) is 11.4 Å². The van der Waals surface area contributed by atoms with Gasteiger partial charge in [-0.05, 0) is 30.5 Å². The van der Waals surface area contributed by atoms with Crippen LogP contribution in [0.15, 0.2) is 24.3 Å². The largest absolute Gasteiger partial charge is 0.372 e. The van der Waals surface area contributed by atoms with Gasteiger partial charge in [0, 0.05) is 18.7 Å². The zero-order valence-electron chi connectivity index (χ0n) is 15.2. The number of rotatable bonds is 4. The zero-order valence-corrected chi connectivity index (χ0v) is 15.2. The van der Waals surface area contributed by atoms with E-state index in [1.807, 2.05) is 26.0 Å². The van der Waals surface area contributed by atoms with Crippen LogP contribution in [0.1, 0.15) is 39.2 Å². The van der Waals surface area contributed by atoms with E-state index in [0.29, 0.717) is 24.8 Å². The quantitative estimate of drug-likeness (QED) is 0.850. The van der Waals surface area contributed by atoms with E-state index in [-0.39, 0.29) is 24.7 Å². The molecule has 2 atom stereocenters. The Hall–Kier alpha value is -2.28. The molecule has 2 aromatic rings. The summed E-state index contributed by atoms with van der Waals surface area (Å²) in [4.78, 5) is 15.6. The van der Waals surface area contributed by atoms with Gasteiger partial charge in [-0.25, -0.2) is 0 Å². The van der Waals surface area contributed by atoms with Crippen LogP contribution >= 0.6 is 0 Å². The van der Waals surface area contributed by atoms with E-state index in [1.54, 1.807) is 4.90 Å². The molecule has 1 aromatic carbocycles. The number of nitrogens with zero attached hydrogens (tertiary/aromatic N) is 5. The first-order valence-corrected chi connectivity index (χ1v) is 8.73. The van der Waals surface area contributed by atoms with Gasteiger partial charge >= 0.3 is 0 Å². The lowest BCUT2D eigenvalue weighted by atomic mass is 10.0. The molecule has 25 heavy (non-hydrogen) atoms. The third-order valence-electron chi connectivity index (χ3n) is 4.34. The van der Waals surface area contributed by atoms with Crippen molar-refractivity contribution in [3.05, 3.63) is 29.8 Å². The van der Waals surface area contributed by atoms with Crippen LogP contribution in [-0.4, -0.2) is 56.3 Å². The van der Waals surface area contributed by atoms with Crippen molar-refractivity contribution < 1.29 is 9.53 Å². The highest BCUT2D eigenvalue weighted by atomic mass is 16.5. The molecule has 3 rings (SSSR count). The molecule has 1 fully saturated rings. The Kier molecular flexibility index (Phi) is 5.13. The van der Waals surface area contributed by atoms with Gasteiger partial charge in [0.05, 0.1) is 12.2 Å². The molecule has 1 aliphatic rings. The van der Waals surface area contributed by atoms with Gasteiger partial charge in [-0.3, -0.25) is 4.79 Å². The minimum absolute atomic E-state index is 0.0129. The third kappa shape index (κ3) is 4.22. The van der Waals surface area contributed by atoms with Gasteiger partial charge in [0.15, 0.2) is 0 Å². The van der Waals surface area contributed by atoms with E-state index in [2.05, 4.69) is 41.4 Å². The molecule has 1 aromatic heterocycles. The minimum Gasteiger partial charge on any atom is -0.372 e. The average molecular weight is 343 g/mol. The number of amides is 1. The van der Waals surface area contributed by atoms with E-state index in [1.165, 1.54) is 10.4 Å². The Labute approximate surface area is 148 Å². The van der Waals surface area contributed by atoms with E-state index in [4.69, 9.17) is 4.74 Å². The second kappa shape index (κ2) is 7.31. The molecule has 0 bridgehead atoms. The summed E-state index contributed by atoms with van der Waals surface area (Å²) in [6.07, 6.45) is 0.0953. The summed E-state index contributed by atoms with van der Waals surface area (Å²) in [5.41, 5.74) is 2.17. The smallest absolute Gasteiger partial charge is 0.246 e. The number of tetrazole rings is 1. The van der Waals surface area contributed by atoms with Crippen molar-refractivity contribution in [2.45, 2.75) is 52.4 Å². The van der Waals surface area contributed by atoms with E-state index >= 15 is 0 Å². The fourth-order valence-corrected chi connectivity index (χ4v) is 3.05. The Morgan fingerprint density at radius 3 is 2.44 bits per heavy atom. The van der Waals surface area contributed by atoms with Gasteiger partial charge in [0.2, 0.25) is 11.7 Å². The molecule has 0 N–H and O–H groups in total. The van der Waals surface area contributed by atoms with Crippen LogP contribution < -0.4 is 0 Å². The molecule has 0 radical (unpaired) electrons. The lowest BCUT2D eigenvalue weighted by Crippen LogP contribution is -2.49. The summed E-state index contributed by atoms with van der Waals surface area (Å²) in [6, 6.07) is 8.12. The Bertz CT molecular complexity index is 715. The number of aromatic nitrogens is 4. The van der Waals surface area contributed by atoms with Gasteiger partial charge in [0.25, 0.3) is 0 Å². The second-order valence-corrected chi connectivity index (χ2v) is 6.98. The van der Waals surface area contributed by atoms with Crippen molar-refractivity contribution in [2.75, 3.05) is 13.1 Å². The van der Waals surface area contributed by atoms with Gasteiger partial charge in [-0.2, -0.15) is 4.80 Å². The molecule has 7 nitrogen and oxygen atoms in total. The highest BCUT2D eigenvalue weighted by molar-refractivity contribution is 5.76. The van der Waals surface area contributed by atoms with Crippen molar-refractivity contribution in [1.82, 2.24) is 25.1 Å². The summed E-state index contributed by atoms with van der Waals surface area (Å²) in [5, 5.41) is 12.4. The van der Waals surface area contributed by atoms with Crippen molar-refractivity contribution >= 4 is 5.91 Å². The standard InChI is InChI=1S/C18H25N5O2/c1-12(2)15-5-7-16(8-6-15)18-19-21-23(20-18)11-17(24)22-9-13(3)25-14(4)10-22/h5-8,12-14H,9-11H2,1-4H3. The minimum atomic E-state index is -0.0129. The van der Waals surface area contributed by atoms with Crippen LogP contribution in [0.4, 0.5) is 0 Å². The lowest BCUT2D eigenvalue weighted by molar-refractivity contribution is -0.144. The average Bonchev–Trinajstić information content (AvgIpc) is 3.02. The predicted octanol–water partition coefficient (Wildman–Crippen LogP) is 2.10. The van der Waals surface area contributed by atoms with Gasteiger partial charge in [-0.15, -0.1) is 10.2 Å². The summed E-state index contributed by atoms with van der Waals surface area (Å²) in [6.45, 7) is 9.55. The van der Waals surface area contributed by atoms with E-state index in [9.17, 15) is 4.79 Å². The molecule has 1 saturated heterocycles. The summed E-state index contributed by atoms with van der Waals surface area (Å²) < 4.78 is 5.66. The number of carbonyl (C=O) groups is 1. The van der Waals surface area contributed by atoms with E-state index in [0.717, 1.165) is 5.56 Å². The fourth-order valence-electron chi connectivity index (χ4n) is 3.05. The van der Waals surface area contributed by atoms with Crippen molar-refractivity contribution in [2.24, 2.45) is 0 Å². The van der Waals surface area contributed by atoms with Crippen LogP contribution in [0.25, 0.3) is 11.4 Å². The molecule has 1 aliphatic heterocycles. The molecule has 2 heterocycles. The Balaban J connectivity index is 1.66. The molecule has 0 spiro atoms. The zero-order chi connectivity index (χ0) is 18.0. The molecular formula is C18H25N5O2. The van der Waals surface area contributed by atoms with Gasteiger partial charge in [-0.1, -0.05) is 38.1 Å². The van der Waals surface area contributed by atoms with Crippen molar-refractivity contribution in [3.63, 3.8) is 0 Å². The highest BCUT2D eigenvalue weighted by Gasteiger charge is 2.26. The predicted molar refractivity (Wildman–Crippen MR) is 93.9 cm³/mol. The lowest BCUT2D eigenvalue weighted by Gasteiger charge is -2.35. The molecule has 134 valence electrons. The number of morpholine rings is 1. The third-order valence-corrected chi connectivity index (χ3v) is 4.34. The second-order valence-electron chi connectivity index (χ2n) is 6.98. The summed E-state index contributed by atoms with van der Waals surface area (Å²) in [7, 11) is 0. The number of ether oxygens (including phenoxy) is 1. The normalized spacial score (nSPS) is 20.9. The van der Waals surface area contributed by atoms with Gasteiger partial charge in [0.1, 0.15) is 6.54 Å². The number of benzene rings is 1. The monoisotopic (exact) mass is 343 g/mol. The maximum Gasteiger partial charge on any atom is 0.246 e. The summed E-state index contributed by atoms with van der Waals surface area (Å²) in [5.74, 6) is 1.00. The van der Waals surface area contributed by atoms with Crippen LogP contribution in [0.3, 0.4) is 0 Å². The topological polar surface area (TPSA) is 73.1 Å².